The number of carbonyl (C=O) groups is 3. The van der Waals surface area contributed by atoms with E-state index in [0.717, 1.165) is 5.56 Å². The predicted octanol–water partition coefficient (Wildman–Crippen LogP) is 4.51. The van der Waals surface area contributed by atoms with Gasteiger partial charge in [-0.15, -0.1) is 0 Å². The molecule has 192 valence electrons. The lowest BCUT2D eigenvalue weighted by Gasteiger charge is -2.26. The second kappa shape index (κ2) is 11.4. The number of amides is 1. The molecule has 8 heteroatoms. The normalized spacial score (nSPS) is 17.1. The van der Waals surface area contributed by atoms with Crippen LogP contribution in [0.2, 0.25) is 0 Å². The number of benzene rings is 2. The van der Waals surface area contributed by atoms with Crippen molar-refractivity contribution in [2.45, 2.75) is 46.1 Å². The number of Topliss-reactive ketones (excluding diaryl/α,β-unsaturated/α-hetero) is 1. The number of hydrogen-bond donors (Lipinski definition) is 1. The Bertz CT molecular complexity index is 1200. The van der Waals surface area contributed by atoms with Crippen molar-refractivity contribution in [2.24, 2.45) is 0 Å². The van der Waals surface area contributed by atoms with Gasteiger partial charge in [0.05, 0.1) is 18.7 Å². The number of methoxy groups -OCH3 is 2. The molecule has 2 aromatic rings. The monoisotopic (exact) mass is 495 g/mol. The maximum Gasteiger partial charge on any atom is 0.308 e. The molecule has 1 unspecified atom stereocenters. The smallest absolute Gasteiger partial charge is 0.308 e. The molecule has 1 N–H and O–H groups in total. The van der Waals surface area contributed by atoms with E-state index in [1.165, 1.54) is 11.8 Å². The van der Waals surface area contributed by atoms with E-state index in [2.05, 4.69) is 0 Å². The number of ketones is 1. The summed E-state index contributed by atoms with van der Waals surface area (Å²) in [5, 5.41) is 11.5. The molecule has 8 nitrogen and oxygen atoms in total. The summed E-state index contributed by atoms with van der Waals surface area (Å²) in [5.41, 5.74) is 2.55. The molecule has 1 aliphatic heterocycles. The summed E-state index contributed by atoms with van der Waals surface area (Å²) >= 11 is 0. The van der Waals surface area contributed by atoms with Gasteiger partial charge in [0.25, 0.3) is 11.7 Å². The predicted molar refractivity (Wildman–Crippen MR) is 135 cm³/mol. The van der Waals surface area contributed by atoms with Crippen molar-refractivity contribution in [3.8, 4) is 11.5 Å². The molecule has 1 heterocycles. The zero-order valence-corrected chi connectivity index (χ0v) is 21.6. The average Bonchev–Trinajstić information content (AvgIpc) is 3.08. The molecule has 0 saturated carbocycles. The molecular formula is C28H33NO7. The number of carbonyl (C=O) groups excluding carboxylic acids is 3. The lowest BCUT2D eigenvalue weighted by molar-refractivity contribution is -0.140. The van der Waals surface area contributed by atoms with Crippen LogP contribution in [0.25, 0.3) is 5.76 Å². The fourth-order valence-corrected chi connectivity index (χ4v) is 4.48. The standard InChI is InChI=1S/C28H33NO7/c1-16(2)21-15-22(17(3)13-23(21)35-6)26(31)24-25(19-9-7-10-20(14-19)36-18(4)30)29(11-8-12-34-5)28(33)27(24)32/h7,9-10,13-16,25,31H,8,11-12H2,1-6H3/b26-24+. The highest BCUT2D eigenvalue weighted by Crippen LogP contribution is 2.42. The molecule has 36 heavy (non-hydrogen) atoms. The van der Waals surface area contributed by atoms with Crippen LogP contribution in [0.4, 0.5) is 0 Å². The van der Waals surface area contributed by atoms with Crippen LogP contribution in [-0.2, 0) is 19.1 Å². The summed E-state index contributed by atoms with van der Waals surface area (Å²) in [7, 11) is 3.15. The highest BCUT2D eigenvalue weighted by Gasteiger charge is 2.46. The Balaban J connectivity index is 2.23. The number of aliphatic hydroxyl groups excluding tert-OH is 1. The van der Waals surface area contributed by atoms with Crippen LogP contribution in [0, 0.1) is 6.92 Å². The SMILES string of the molecule is COCCCN1C(=O)C(=O)/C(=C(/O)c2cc(C(C)C)c(OC)cc2C)C1c1cccc(OC(C)=O)c1. The van der Waals surface area contributed by atoms with Gasteiger partial charge in [-0.3, -0.25) is 14.4 Å². The van der Waals surface area contributed by atoms with Crippen LogP contribution >= 0.6 is 0 Å². The summed E-state index contributed by atoms with van der Waals surface area (Å²) in [6.45, 7) is 7.77. The van der Waals surface area contributed by atoms with Crippen molar-refractivity contribution >= 4 is 23.4 Å². The average molecular weight is 496 g/mol. The largest absolute Gasteiger partial charge is 0.507 e. The number of aliphatic hydroxyl groups is 1. The zero-order valence-electron chi connectivity index (χ0n) is 21.6. The van der Waals surface area contributed by atoms with Gasteiger partial charge in [-0.05, 0) is 60.2 Å². The third-order valence-electron chi connectivity index (χ3n) is 6.18. The van der Waals surface area contributed by atoms with Crippen LogP contribution < -0.4 is 9.47 Å². The minimum Gasteiger partial charge on any atom is -0.507 e. The number of likely N-dealkylation sites (tertiary alicyclic amines) is 1. The first-order valence-corrected chi connectivity index (χ1v) is 11.8. The molecule has 1 saturated heterocycles. The van der Waals surface area contributed by atoms with E-state index in [4.69, 9.17) is 14.2 Å². The Morgan fingerprint density at radius 2 is 1.86 bits per heavy atom. The van der Waals surface area contributed by atoms with E-state index >= 15 is 0 Å². The van der Waals surface area contributed by atoms with Crippen LogP contribution in [0.3, 0.4) is 0 Å². The van der Waals surface area contributed by atoms with Crippen molar-refractivity contribution in [1.82, 2.24) is 4.90 Å². The maximum atomic E-state index is 13.3. The van der Waals surface area contributed by atoms with Crippen molar-refractivity contribution in [1.29, 1.82) is 0 Å². The van der Waals surface area contributed by atoms with Gasteiger partial charge < -0.3 is 24.2 Å². The molecule has 0 spiro atoms. The van der Waals surface area contributed by atoms with Gasteiger partial charge in [0.1, 0.15) is 17.3 Å². The number of aryl methyl sites for hydroxylation is 1. The first-order chi connectivity index (χ1) is 17.1. The zero-order chi connectivity index (χ0) is 26.6. The summed E-state index contributed by atoms with van der Waals surface area (Å²) < 4.78 is 15.9. The van der Waals surface area contributed by atoms with Crippen LogP contribution in [0.1, 0.15) is 61.4 Å². The third-order valence-corrected chi connectivity index (χ3v) is 6.18. The Hall–Kier alpha value is -3.65. The minimum absolute atomic E-state index is 0.0136. The fraction of sp³-hybridized carbons (Fsp3) is 0.393. The third kappa shape index (κ3) is 5.44. The molecule has 1 atom stereocenters. The van der Waals surface area contributed by atoms with Crippen molar-refractivity contribution in [2.75, 3.05) is 27.4 Å². The molecule has 0 aromatic heterocycles. The van der Waals surface area contributed by atoms with Gasteiger partial charge in [0.15, 0.2) is 0 Å². The van der Waals surface area contributed by atoms with Crippen LogP contribution in [0.15, 0.2) is 42.0 Å². The number of ether oxygens (including phenoxy) is 3. The molecule has 0 bridgehead atoms. The Morgan fingerprint density at radius 1 is 1.14 bits per heavy atom. The first-order valence-electron chi connectivity index (χ1n) is 11.8. The van der Waals surface area contributed by atoms with Gasteiger partial charge >= 0.3 is 5.97 Å². The van der Waals surface area contributed by atoms with Gasteiger partial charge in [-0.1, -0.05) is 26.0 Å². The Morgan fingerprint density at radius 3 is 2.47 bits per heavy atom. The molecule has 0 radical (unpaired) electrons. The number of rotatable bonds is 9. The Labute approximate surface area is 211 Å². The van der Waals surface area contributed by atoms with Gasteiger partial charge in [0, 0.05) is 32.7 Å². The van der Waals surface area contributed by atoms with Crippen molar-refractivity contribution < 1.29 is 33.7 Å². The second-order valence-electron chi connectivity index (χ2n) is 9.07. The molecular weight excluding hydrogens is 462 g/mol. The fourth-order valence-electron chi connectivity index (χ4n) is 4.48. The van der Waals surface area contributed by atoms with E-state index in [-0.39, 0.29) is 29.5 Å². The first kappa shape index (κ1) is 26.9. The van der Waals surface area contributed by atoms with E-state index < -0.39 is 23.7 Å². The highest BCUT2D eigenvalue weighted by molar-refractivity contribution is 6.46. The van der Waals surface area contributed by atoms with E-state index in [1.807, 2.05) is 26.8 Å². The quantitative estimate of drug-likeness (QED) is 0.136. The molecule has 3 rings (SSSR count). The Kier molecular flexibility index (Phi) is 8.53. The molecule has 1 aliphatic rings. The van der Waals surface area contributed by atoms with E-state index in [0.29, 0.717) is 35.5 Å². The van der Waals surface area contributed by atoms with Crippen molar-refractivity contribution in [3.05, 3.63) is 64.2 Å². The number of esters is 1. The summed E-state index contributed by atoms with van der Waals surface area (Å²) in [4.78, 5) is 39.4. The van der Waals surface area contributed by atoms with Crippen LogP contribution in [-0.4, -0.2) is 55.0 Å². The van der Waals surface area contributed by atoms with Crippen molar-refractivity contribution in [3.63, 3.8) is 0 Å². The maximum absolute atomic E-state index is 13.3. The number of hydrogen-bond acceptors (Lipinski definition) is 7. The van der Waals surface area contributed by atoms with Gasteiger partial charge in [-0.25, -0.2) is 0 Å². The molecule has 1 amide bonds. The summed E-state index contributed by atoms with van der Waals surface area (Å²) in [6, 6.07) is 9.40. The van der Waals surface area contributed by atoms with E-state index in [1.54, 1.807) is 44.6 Å². The summed E-state index contributed by atoms with van der Waals surface area (Å²) in [6.07, 6.45) is 0.503. The minimum atomic E-state index is -0.860. The van der Waals surface area contributed by atoms with Gasteiger partial charge in [-0.2, -0.15) is 0 Å². The number of nitrogens with zero attached hydrogens (tertiary/aromatic N) is 1. The van der Waals surface area contributed by atoms with E-state index in [9.17, 15) is 19.5 Å². The molecule has 0 aliphatic carbocycles. The second-order valence-corrected chi connectivity index (χ2v) is 9.07. The lowest BCUT2D eigenvalue weighted by Crippen LogP contribution is -2.31. The molecule has 1 fully saturated rings. The highest BCUT2D eigenvalue weighted by atomic mass is 16.5. The topological polar surface area (TPSA) is 102 Å². The summed E-state index contributed by atoms with van der Waals surface area (Å²) in [5.74, 6) is -1.15. The molecule has 2 aromatic carbocycles. The van der Waals surface area contributed by atoms with Gasteiger partial charge in [0.2, 0.25) is 0 Å². The lowest BCUT2D eigenvalue weighted by atomic mass is 9.91. The van der Waals surface area contributed by atoms with Crippen LogP contribution in [0.5, 0.6) is 11.5 Å².